The number of ether oxygens (including phenoxy) is 1. The number of esters is 1. The maximum atomic E-state index is 12.0. The van der Waals surface area contributed by atoms with E-state index in [0.717, 1.165) is 10.6 Å². The number of fused-ring (bicyclic) bond motifs is 1. The number of thiazole rings is 1. The maximum Gasteiger partial charge on any atom is 0.350 e. The normalized spacial score (nSPS) is 11.1. The second-order valence-corrected chi connectivity index (χ2v) is 7.55. The standard InChI is InChI=1S/C19H15NO3S2/c1-3-22-19(21)17-11(2)20-18(25-17)14-9-8-13(23-14)16-10-12-6-4-5-7-15(12)24-16/h4-10H,3H2,1-2H3. The van der Waals surface area contributed by atoms with Gasteiger partial charge in [-0.15, -0.1) is 22.7 Å². The van der Waals surface area contributed by atoms with Crippen LogP contribution in [0, 0.1) is 6.92 Å². The van der Waals surface area contributed by atoms with Crippen molar-refractivity contribution in [2.45, 2.75) is 13.8 Å². The Morgan fingerprint density at radius 1 is 1.16 bits per heavy atom. The molecule has 1 aromatic carbocycles. The average Bonchev–Trinajstić information content (AvgIpc) is 3.31. The van der Waals surface area contributed by atoms with E-state index in [4.69, 9.17) is 9.15 Å². The van der Waals surface area contributed by atoms with Crippen LogP contribution in [0.2, 0.25) is 0 Å². The topological polar surface area (TPSA) is 52.3 Å². The van der Waals surface area contributed by atoms with Crippen LogP contribution in [0.15, 0.2) is 46.9 Å². The summed E-state index contributed by atoms with van der Waals surface area (Å²) < 4.78 is 12.3. The molecule has 3 aromatic heterocycles. The minimum Gasteiger partial charge on any atom is -0.462 e. The molecule has 0 atom stereocenters. The summed E-state index contributed by atoms with van der Waals surface area (Å²) in [6.45, 7) is 3.95. The third kappa shape index (κ3) is 2.99. The van der Waals surface area contributed by atoms with E-state index in [9.17, 15) is 4.79 Å². The van der Waals surface area contributed by atoms with E-state index in [0.29, 0.717) is 27.9 Å². The summed E-state index contributed by atoms with van der Waals surface area (Å²) in [7, 11) is 0. The Morgan fingerprint density at radius 2 is 1.96 bits per heavy atom. The van der Waals surface area contributed by atoms with Gasteiger partial charge in [0.1, 0.15) is 10.6 Å². The molecule has 0 fully saturated rings. The fourth-order valence-electron chi connectivity index (χ4n) is 2.58. The molecule has 0 unspecified atom stereocenters. The van der Waals surface area contributed by atoms with Crippen molar-refractivity contribution in [2.75, 3.05) is 6.61 Å². The molecular weight excluding hydrogens is 354 g/mol. The molecule has 25 heavy (non-hydrogen) atoms. The Hall–Kier alpha value is -2.44. The number of aromatic nitrogens is 1. The van der Waals surface area contributed by atoms with Gasteiger partial charge in [0.25, 0.3) is 0 Å². The average molecular weight is 369 g/mol. The van der Waals surface area contributed by atoms with E-state index in [-0.39, 0.29) is 5.97 Å². The van der Waals surface area contributed by atoms with Crippen molar-refractivity contribution < 1.29 is 13.9 Å². The summed E-state index contributed by atoms with van der Waals surface area (Å²) in [6, 6.07) is 14.2. The zero-order valence-corrected chi connectivity index (χ0v) is 15.4. The lowest BCUT2D eigenvalue weighted by atomic mass is 10.2. The number of nitrogens with zero attached hydrogens (tertiary/aromatic N) is 1. The molecule has 126 valence electrons. The van der Waals surface area contributed by atoms with Gasteiger partial charge in [0.15, 0.2) is 10.8 Å². The molecule has 4 nitrogen and oxygen atoms in total. The molecule has 0 saturated heterocycles. The van der Waals surface area contributed by atoms with Gasteiger partial charge < -0.3 is 9.15 Å². The van der Waals surface area contributed by atoms with E-state index >= 15 is 0 Å². The third-order valence-electron chi connectivity index (χ3n) is 3.74. The molecule has 0 aliphatic rings. The van der Waals surface area contributed by atoms with Gasteiger partial charge in [-0.1, -0.05) is 18.2 Å². The van der Waals surface area contributed by atoms with Gasteiger partial charge in [-0.25, -0.2) is 9.78 Å². The van der Waals surface area contributed by atoms with Crippen LogP contribution in [0.4, 0.5) is 0 Å². The Bertz CT molecular complexity index is 1020. The number of furan rings is 1. The molecule has 0 spiro atoms. The van der Waals surface area contributed by atoms with Gasteiger partial charge in [-0.05, 0) is 43.5 Å². The molecule has 0 aliphatic carbocycles. The van der Waals surface area contributed by atoms with E-state index in [1.807, 2.05) is 31.2 Å². The van der Waals surface area contributed by atoms with Gasteiger partial charge in [-0.3, -0.25) is 0 Å². The number of carbonyl (C=O) groups excluding carboxylic acids is 1. The Balaban J connectivity index is 1.67. The minimum atomic E-state index is -0.333. The largest absolute Gasteiger partial charge is 0.462 e. The predicted octanol–water partition coefficient (Wildman–Crippen LogP) is 5.77. The number of carbonyl (C=O) groups is 1. The number of benzene rings is 1. The summed E-state index contributed by atoms with van der Waals surface area (Å²) in [5, 5.41) is 1.89. The number of aryl methyl sites for hydroxylation is 1. The van der Waals surface area contributed by atoms with Gasteiger partial charge >= 0.3 is 5.97 Å². The third-order valence-corrected chi connectivity index (χ3v) is 6.03. The maximum absolute atomic E-state index is 12.0. The first-order valence-electron chi connectivity index (χ1n) is 7.89. The molecule has 4 aromatic rings. The van der Waals surface area contributed by atoms with Crippen LogP contribution in [-0.4, -0.2) is 17.6 Å². The van der Waals surface area contributed by atoms with Crippen molar-refractivity contribution >= 4 is 38.7 Å². The molecule has 6 heteroatoms. The van der Waals surface area contributed by atoms with Gasteiger partial charge in [0, 0.05) is 4.70 Å². The number of thiophene rings is 1. The highest BCUT2D eigenvalue weighted by Gasteiger charge is 2.19. The molecule has 0 N–H and O–H groups in total. The summed E-state index contributed by atoms with van der Waals surface area (Å²) >= 11 is 2.99. The van der Waals surface area contributed by atoms with Crippen molar-refractivity contribution in [2.24, 2.45) is 0 Å². The van der Waals surface area contributed by atoms with Crippen LogP contribution < -0.4 is 0 Å². The molecule has 0 aliphatic heterocycles. The fourth-order valence-corrected chi connectivity index (χ4v) is 4.52. The smallest absolute Gasteiger partial charge is 0.350 e. The summed E-state index contributed by atoms with van der Waals surface area (Å²) in [5.74, 6) is 1.14. The Kier molecular flexibility index (Phi) is 4.15. The highest BCUT2D eigenvalue weighted by Crippen LogP contribution is 2.37. The van der Waals surface area contributed by atoms with E-state index in [1.165, 1.54) is 21.4 Å². The first kappa shape index (κ1) is 16.1. The lowest BCUT2D eigenvalue weighted by Gasteiger charge is -1.97. The van der Waals surface area contributed by atoms with Crippen molar-refractivity contribution in [1.82, 2.24) is 4.98 Å². The Morgan fingerprint density at radius 3 is 2.76 bits per heavy atom. The lowest BCUT2D eigenvalue weighted by molar-refractivity contribution is 0.0531. The van der Waals surface area contributed by atoms with Crippen LogP contribution in [0.1, 0.15) is 22.3 Å². The first-order valence-corrected chi connectivity index (χ1v) is 9.52. The minimum absolute atomic E-state index is 0.333. The molecular formula is C19H15NO3S2. The second-order valence-electron chi connectivity index (χ2n) is 5.47. The number of hydrogen-bond donors (Lipinski definition) is 0. The van der Waals surface area contributed by atoms with E-state index < -0.39 is 0 Å². The molecule has 4 rings (SSSR count). The SMILES string of the molecule is CCOC(=O)c1sc(-c2ccc(-c3cc4ccccc4s3)o2)nc1C. The fraction of sp³-hybridized carbons (Fsp3) is 0.158. The van der Waals surface area contributed by atoms with Crippen molar-refractivity contribution in [3.63, 3.8) is 0 Å². The van der Waals surface area contributed by atoms with E-state index in [2.05, 4.69) is 23.2 Å². The van der Waals surface area contributed by atoms with Crippen molar-refractivity contribution in [3.8, 4) is 21.4 Å². The van der Waals surface area contributed by atoms with E-state index in [1.54, 1.807) is 18.3 Å². The Labute approximate surface area is 152 Å². The zero-order chi connectivity index (χ0) is 17.4. The number of rotatable bonds is 4. The molecule has 0 bridgehead atoms. The predicted molar refractivity (Wildman–Crippen MR) is 101 cm³/mol. The van der Waals surface area contributed by atoms with Gasteiger partial charge in [0.05, 0.1) is 17.2 Å². The second kappa shape index (κ2) is 6.46. The highest BCUT2D eigenvalue weighted by atomic mass is 32.1. The monoisotopic (exact) mass is 369 g/mol. The quantitative estimate of drug-likeness (QED) is 0.429. The molecule has 0 amide bonds. The lowest BCUT2D eigenvalue weighted by Crippen LogP contribution is -2.03. The summed E-state index contributed by atoms with van der Waals surface area (Å²) in [4.78, 5) is 18.0. The first-order chi connectivity index (χ1) is 12.2. The van der Waals surface area contributed by atoms with Crippen molar-refractivity contribution in [3.05, 3.63) is 53.0 Å². The molecule has 0 radical (unpaired) electrons. The highest BCUT2D eigenvalue weighted by molar-refractivity contribution is 7.22. The summed E-state index contributed by atoms with van der Waals surface area (Å²) in [5.41, 5.74) is 0.665. The zero-order valence-electron chi connectivity index (χ0n) is 13.7. The molecule has 0 saturated carbocycles. The van der Waals surface area contributed by atoms with Crippen LogP contribution in [-0.2, 0) is 4.74 Å². The van der Waals surface area contributed by atoms with Crippen molar-refractivity contribution in [1.29, 1.82) is 0 Å². The van der Waals surface area contributed by atoms with Crippen LogP contribution in [0.5, 0.6) is 0 Å². The molecule has 3 heterocycles. The number of hydrogen-bond acceptors (Lipinski definition) is 6. The van der Waals surface area contributed by atoms with Crippen LogP contribution in [0.25, 0.3) is 31.5 Å². The van der Waals surface area contributed by atoms with Crippen LogP contribution in [0.3, 0.4) is 0 Å². The van der Waals surface area contributed by atoms with Gasteiger partial charge in [0.2, 0.25) is 0 Å². The van der Waals surface area contributed by atoms with Gasteiger partial charge in [-0.2, -0.15) is 0 Å². The van der Waals surface area contributed by atoms with Crippen LogP contribution >= 0.6 is 22.7 Å². The summed E-state index contributed by atoms with van der Waals surface area (Å²) in [6.07, 6.45) is 0.